The lowest BCUT2D eigenvalue weighted by molar-refractivity contribution is -0.142. The number of esters is 1. The van der Waals surface area contributed by atoms with E-state index in [0.717, 1.165) is 4.90 Å². The third kappa shape index (κ3) is 6.07. The summed E-state index contributed by atoms with van der Waals surface area (Å²) in [6.45, 7) is -0.303. The predicted octanol–water partition coefficient (Wildman–Crippen LogP) is 5.96. The maximum atomic E-state index is 13.4. The van der Waals surface area contributed by atoms with Crippen molar-refractivity contribution in [3.8, 4) is 17.0 Å². The standard InChI is InChI=1S/C26H22FN3O4S/c1-33-25(31)15-34-24-14-23(16-6-8-17(27)9-7-16)30-22-11-10-19(13-21(22)24)29-26(32)28-18-4-3-5-20(12-18)35-2/h3-14H,15H2,1-2H3,(H2,28,29,32). The Kier molecular flexibility index (Phi) is 7.47. The molecule has 0 saturated heterocycles. The largest absolute Gasteiger partial charge is 0.481 e. The molecule has 0 radical (unpaired) electrons. The fourth-order valence-electron chi connectivity index (χ4n) is 3.35. The van der Waals surface area contributed by atoms with Crippen molar-refractivity contribution in [3.63, 3.8) is 0 Å². The third-order valence-corrected chi connectivity index (χ3v) is 5.79. The van der Waals surface area contributed by atoms with Gasteiger partial charge in [-0.05, 0) is 66.9 Å². The topological polar surface area (TPSA) is 89.6 Å². The van der Waals surface area contributed by atoms with Gasteiger partial charge in [0.2, 0.25) is 0 Å². The molecule has 9 heteroatoms. The summed E-state index contributed by atoms with van der Waals surface area (Å²) in [5.41, 5.74) is 2.98. The molecule has 4 aromatic rings. The number of anilines is 2. The number of nitrogens with one attached hydrogen (secondary N) is 2. The molecule has 1 heterocycles. The number of pyridine rings is 1. The maximum Gasteiger partial charge on any atom is 0.343 e. The zero-order chi connectivity index (χ0) is 24.8. The van der Waals surface area contributed by atoms with Gasteiger partial charge in [-0.1, -0.05) is 6.07 Å². The number of carbonyl (C=O) groups excluding carboxylic acids is 2. The Morgan fingerprint density at radius 1 is 0.971 bits per heavy atom. The first kappa shape index (κ1) is 24.0. The summed E-state index contributed by atoms with van der Waals surface area (Å²) in [5, 5.41) is 6.20. The summed E-state index contributed by atoms with van der Waals surface area (Å²) in [6.07, 6.45) is 1.96. The van der Waals surface area contributed by atoms with Crippen molar-refractivity contribution in [2.45, 2.75) is 4.90 Å². The first-order valence-corrected chi connectivity index (χ1v) is 11.8. The Morgan fingerprint density at radius 3 is 2.43 bits per heavy atom. The molecule has 0 aliphatic heterocycles. The lowest BCUT2D eigenvalue weighted by Crippen LogP contribution is -2.19. The predicted molar refractivity (Wildman–Crippen MR) is 136 cm³/mol. The Hall–Kier alpha value is -4.11. The van der Waals surface area contributed by atoms with Gasteiger partial charge in [-0.2, -0.15) is 0 Å². The number of urea groups is 1. The average Bonchev–Trinajstić information content (AvgIpc) is 2.87. The molecule has 0 aliphatic rings. The molecule has 2 N–H and O–H groups in total. The molecule has 0 unspecified atom stereocenters. The second-order valence-corrected chi connectivity index (χ2v) is 8.30. The third-order valence-electron chi connectivity index (χ3n) is 5.07. The quantitative estimate of drug-likeness (QED) is 0.245. The number of hydrogen-bond donors (Lipinski definition) is 2. The number of rotatable bonds is 7. The van der Waals surface area contributed by atoms with Crippen LogP contribution in [-0.2, 0) is 9.53 Å². The van der Waals surface area contributed by atoms with E-state index in [9.17, 15) is 14.0 Å². The first-order chi connectivity index (χ1) is 16.9. The Labute approximate surface area is 205 Å². The molecule has 35 heavy (non-hydrogen) atoms. The van der Waals surface area contributed by atoms with E-state index in [1.807, 2.05) is 24.5 Å². The van der Waals surface area contributed by atoms with E-state index in [0.29, 0.717) is 39.3 Å². The molecule has 7 nitrogen and oxygen atoms in total. The van der Waals surface area contributed by atoms with Crippen molar-refractivity contribution < 1.29 is 23.5 Å². The molecule has 0 bridgehead atoms. The van der Waals surface area contributed by atoms with E-state index in [4.69, 9.17) is 4.74 Å². The number of aromatic nitrogens is 1. The Bertz CT molecular complexity index is 1380. The second kappa shape index (κ2) is 10.9. The van der Waals surface area contributed by atoms with Crippen molar-refractivity contribution in [2.24, 2.45) is 0 Å². The van der Waals surface area contributed by atoms with Gasteiger partial charge < -0.3 is 20.1 Å². The number of nitrogens with zero attached hydrogens (tertiary/aromatic N) is 1. The second-order valence-electron chi connectivity index (χ2n) is 7.42. The zero-order valence-corrected chi connectivity index (χ0v) is 19.8. The number of carbonyl (C=O) groups is 2. The van der Waals surface area contributed by atoms with Crippen molar-refractivity contribution >= 4 is 46.0 Å². The van der Waals surface area contributed by atoms with Crippen molar-refractivity contribution in [3.05, 3.63) is 78.6 Å². The highest BCUT2D eigenvalue weighted by Gasteiger charge is 2.13. The highest BCUT2D eigenvalue weighted by atomic mass is 32.2. The van der Waals surface area contributed by atoms with Crippen LogP contribution in [0.15, 0.2) is 77.7 Å². The van der Waals surface area contributed by atoms with Crippen LogP contribution in [0.3, 0.4) is 0 Å². The maximum absolute atomic E-state index is 13.4. The number of hydrogen-bond acceptors (Lipinski definition) is 6. The van der Waals surface area contributed by atoms with E-state index in [1.165, 1.54) is 19.2 Å². The summed E-state index contributed by atoms with van der Waals surface area (Å²) in [4.78, 5) is 29.9. The monoisotopic (exact) mass is 491 g/mol. The van der Waals surface area contributed by atoms with E-state index < -0.39 is 12.0 Å². The number of benzene rings is 3. The normalized spacial score (nSPS) is 10.6. The molecule has 0 fully saturated rings. The van der Waals surface area contributed by atoms with Crippen LogP contribution in [0.2, 0.25) is 0 Å². The summed E-state index contributed by atoms with van der Waals surface area (Å²) in [6, 6.07) is 19.8. The number of methoxy groups -OCH3 is 1. The Balaban J connectivity index is 1.63. The van der Waals surface area contributed by atoms with Gasteiger partial charge in [-0.25, -0.2) is 19.0 Å². The number of amides is 2. The molecule has 3 aromatic carbocycles. The van der Waals surface area contributed by atoms with Gasteiger partial charge in [0.1, 0.15) is 11.6 Å². The smallest absolute Gasteiger partial charge is 0.343 e. The molecular formula is C26H22FN3O4S. The lowest BCUT2D eigenvalue weighted by Gasteiger charge is -2.13. The van der Waals surface area contributed by atoms with Crippen molar-refractivity contribution in [2.75, 3.05) is 30.6 Å². The number of halogens is 1. The molecule has 0 atom stereocenters. The fourth-order valence-corrected chi connectivity index (χ4v) is 3.81. The van der Waals surface area contributed by atoms with Gasteiger partial charge in [0.15, 0.2) is 6.61 Å². The minimum absolute atomic E-state index is 0.303. The molecule has 0 saturated carbocycles. The van der Waals surface area contributed by atoms with E-state index >= 15 is 0 Å². The lowest BCUT2D eigenvalue weighted by atomic mass is 10.1. The van der Waals surface area contributed by atoms with E-state index in [-0.39, 0.29) is 12.4 Å². The summed E-state index contributed by atoms with van der Waals surface area (Å²) in [5.74, 6) is -0.526. The highest BCUT2D eigenvalue weighted by Crippen LogP contribution is 2.32. The molecule has 1 aromatic heterocycles. The van der Waals surface area contributed by atoms with Gasteiger partial charge in [0.05, 0.1) is 18.3 Å². The van der Waals surface area contributed by atoms with Crippen LogP contribution in [-0.4, -0.2) is 37.0 Å². The SMILES string of the molecule is COC(=O)COc1cc(-c2ccc(F)cc2)nc2ccc(NC(=O)Nc3cccc(SC)c3)cc12. The molecule has 178 valence electrons. The molecule has 0 aliphatic carbocycles. The van der Waals surface area contributed by atoms with E-state index in [1.54, 1.807) is 54.2 Å². The molecule has 4 rings (SSSR count). The molecule has 2 amide bonds. The summed E-state index contributed by atoms with van der Waals surface area (Å²) in [7, 11) is 1.27. The number of thioether (sulfide) groups is 1. The van der Waals surface area contributed by atoms with Crippen LogP contribution in [0.5, 0.6) is 5.75 Å². The van der Waals surface area contributed by atoms with Crippen molar-refractivity contribution in [1.29, 1.82) is 0 Å². The van der Waals surface area contributed by atoms with Crippen LogP contribution in [0.1, 0.15) is 0 Å². The Morgan fingerprint density at radius 2 is 1.71 bits per heavy atom. The van der Waals surface area contributed by atoms with Crippen LogP contribution < -0.4 is 15.4 Å². The van der Waals surface area contributed by atoms with Gasteiger partial charge in [-0.15, -0.1) is 11.8 Å². The van der Waals surface area contributed by atoms with Crippen LogP contribution in [0, 0.1) is 5.82 Å². The van der Waals surface area contributed by atoms with Gasteiger partial charge >= 0.3 is 12.0 Å². The van der Waals surface area contributed by atoms with Gasteiger partial charge in [0.25, 0.3) is 0 Å². The fraction of sp³-hybridized carbons (Fsp3) is 0.115. The van der Waals surface area contributed by atoms with Gasteiger partial charge in [0, 0.05) is 33.3 Å². The van der Waals surface area contributed by atoms with Gasteiger partial charge in [-0.3, -0.25) is 0 Å². The summed E-state index contributed by atoms with van der Waals surface area (Å²) < 4.78 is 23.8. The zero-order valence-electron chi connectivity index (χ0n) is 19.0. The molecule has 0 spiro atoms. The van der Waals surface area contributed by atoms with Crippen LogP contribution in [0.25, 0.3) is 22.2 Å². The van der Waals surface area contributed by atoms with Crippen LogP contribution >= 0.6 is 11.8 Å². The number of ether oxygens (including phenoxy) is 2. The average molecular weight is 492 g/mol. The minimum atomic E-state index is -0.542. The van der Waals surface area contributed by atoms with Crippen molar-refractivity contribution in [1.82, 2.24) is 4.98 Å². The minimum Gasteiger partial charge on any atom is -0.481 e. The molecular weight excluding hydrogens is 469 g/mol. The summed E-state index contributed by atoms with van der Waals surface area (Å²) >= 11 is 1.58. The number of fused-ring (bicyclic) bond motifs is 1. The van der Waals surface area contributed by atoms with E-state index in [2.05, 4.69) is 20.4 Å². The highest BCUT2D eigenvalue weighted by molar-refractivity contribution is 7.98. The first-order valence-electron chi connectivity index (χ1n) is 10.6. The van der Waals surface area contributed by atoms with Crippen LogP contribution in [0.4, 0.5) is 20.6 Å².